The highest BCUT2D eigenvalue weighted by Gasteiger charge is 2.48. The zero-order valence-corrected chi connectivity index (χ0v) is 21.7. The van der Waals surface area contributed by atoms with E-state index in [1.165, 1.54) is 19.3 Å². The van der Waals surface area contributed by atoms with Crippen LogP contribution in [0.5, 0.6) is 5.75 Å². The highest BCUT2D eigenvalue weighted by Crippen LogP contribution is 2.33. The quantitative estimate of drug-likeness (QED) is 0.602. The highest BCUT2D eigenvalue weighted by atomic mass is 16.5. The zero-order valence-electron chi connectivity index (χ0n) is 21.7. The lowest BCUT2D eigenvalue weighted by molar-refractivity contribution is -0.134. The fourth-order valence-electron chi connectivity index (χ4n) is 5.23. The van der Waals surface area contributed by atoms with Crippen LogP contribution in [0.4, 0.5) is 0 Å². The number of nitrogens with zero attached hydrogens (tertiary/aromatic N) is 3. The minimum absolute atomic E-state index is 0.0995. The molecule has 0 unspecified atom stereocenters. The average Bonchev–Trinajstić information content (AvgIpc) is 3.24. The molecule has 7 nitrogen and oxygen atoms in total. The maximum atomic E-state index is 13.9. The molecule has 7 heteroatoms. The van der Waals surface area contributed by atoms with Crippen molar-refractivity contribution in [3.8, 4) is 5.75 Å². The summed E-state index contributed by atoms with van der Waals surface area (Å²) in [5.41, 5.74) is 1.24. The van der Waals surface area contributed by atoms with E-state index in [-0.39, 0.29) is 23.8 Å². The zero-order chi connectivity index (χ0) is 25.0. The average molecular weight is 481 g/mol. The smallest absolute Gasteiger partial charge is 0.273 e. The van der Waals surface area contributed by atoms with Gasteiger partial charge in [-0.2, -0.15) is 5.10 Å². The van der Waals surface area contributed by atoms with Crippen LogP contribution in [0, 0.1) is 0 Å². The van der Waals surface area contributed by atoms with Gasteiger partial charge in [-0.05, 0) is 44.7 Å². The van der Waals surface area contributed by atoms with Gasteiger partial charge in [-0.25, -0.2) is 0 Å². The molecule has 1 fully saturated rings. The third-order valence-corrected chi connectivity index (χ3v) is 7.44. The molecule has 4 rings (SSSR count). The summed E-state index contributed by atoms with van der Waals surface area (Å²) in [6, 6.07) is 9.78. The Bertz CT molecular complexity index is 1040. The Morgan fingerprint density at radius 2 is 1.86 bits per heavy atom. The number of rotatable bonds is 7. The predicted octanol–water partition coefficient (Wildman–Crippen LogP) is 5.05. The lowest BCUT2D eigenvalue weighted by Gasteiger charge is -2.44. The van der Waals surface area contributed by atoms with Crippen LogP contribution >= 0.6 is 0 Å². The molecule has 0 radical (unpaired) electrons. The van der Waals surface area contributed by atoms with E-state index in [4.69, 9.17) is 9.84 Å². The van der Waals surface area contributed by atoms with Gasteiger partial charge in [0.15, 0.2) is 0 Å². The molecule has 2 aromatic rings. The van der Waals surface area contributed by atoms with Crippen molar-refractivity contribution in [2.24, 2.45) is 0 Å². The number of para-hydroxylation sites is 1. The second-order valence-corrected chi connectivity index (χ2v) is 10.5. The number of fused-ring (bicyclic) bond motifs is 1. The molecule has 1 N–H and O–H groups in total. The Kier molecular flexibility index (Phi) is 7.82. The molecule has 0 saturated heterocycles. The number of carbonyl (C=O) groups excluding carboxylic acids is 2. The molecule has 2 aliphatic rings. The molecule has 1 atom stereocenters. The third kappa shape index (κ3) is 5.39. The Hall–Kier alpha value is -2.83. The van der Waals surface area contributed by atoms with Gasteiger partial charge in [0.05, 0.1) is 25.4 Å². The Balaban J connectivity index is 1.68. The van der Waals surface area contributed by atoms with Crippen molar-refractivity contribution in [2.75, 3.05) is 6.61 Å². The summed E-state index contributed by atoms with van der Waals surface area (Å²) in [7, 11) is 0. The number of nitrogens with one attached hydrogen (secondary N) is 1. The van der Waals surface area contributed by atoms with E-state index in [9.17, 15) is 9.59 Å². The fourth-order valence-corrected chi connectivity index (χ4v) is 5.23. The van der Waals surface area contributed by atoms with E-state index in [1.807, 2.05) is 44.2 Å². The summed E-state index contributed by atoms with van der Waals surface area (Å²) in [5, 5.41) is 8.03. The van der Waals surface area contributed by atoms with Crippen molar-refractivity contribution in [3.63, 3.8) is 0 Å². The van der Waals surface area contributed by atoms with Crippen LogP contribution in [0.25, 0.3) is 0 Å². The van der Waals surface area contributed by atoms with Crippen molar-refractivity contribution in [3.05, 3.63) is 47.3 Å². The van der Waals surface area contributed by atoms with Gasteiger partial charge in [0.1, 0.15) is 17.0 Å². The first kappa shape index (κ1) is 25.3. The van der Waals surface area contributed by atoms with Gasteiger partial charge in [-0.1, -0.05) is 64.2 Å². The van der Waals surface area contributed by atoms with Gasteiger partial charge in [0, 0.05) is 11.6 Å². The van der Waals surface area contributed by atoms with Gasteiger partial charge in [0.2, 0.25) is 5.91 Å². The molecule has 0 bridgehead atoms. The predicted molar refractivity (Wildman–Crippen MR) is 136 cm³/mol. The standard InChI is InChI=1S/C28H40N4O3/c1-5-35-25-16-12-11-13-21(25)18-31-26(33)24-17-23(20(2)3)30-32(24)19-28(31,4)27(34)29-22-14-9-7-6-8-10-15-22/h11-13,16-17,20,22H,5-10,14-15,18-19H2,1-4H3,(H,29,34)/t28-/m0/s1. The van der Waals surface area contributed by atoms with E-state index in [1.54, 1.807) is 9.58 Å². The largest absolute Gasteiger partial charge is 0.494 e. The number of aromatic nitrogens is 2. The molecule has 2 heterocycles. The number of benzene rings is 1. The number of hydrogen-bond donors (Lipinski definition) is 1. The van der Waals surface area contributed by atoms with Crippen LogP contribution in [0.1, 0.15) is 100 Å². The van der Waals surface area contributed by atoms with Crippen molar-refractivity contribution in [1.82, 2.24) is 20.0 Å². The van der Waals surface area contributed by atoms with Gasteiger partial charge in [-0.15, -0.1) is 0 Å². The maximum absolute atomic E-state index is 13.9. The first-order valence-corrected chi connectivity index (χ1v) is 13.2. The summed E-state index contributed by atoms with van der Waals surface area (Å²) in [6.07, 6.45) is 7.97. The molecular weight excluding hydrogens is 440 g/mol. The molecule has 1 saturated carbocycles. The fraction of sp³-hybridized carbons (Fsp3) is 0.607. The first-order chi connectivity index (χ1) is 16.8. The summed E-state index contributed by atoms with van der Waals surface area (Å²) >= 11 is 0. The van der Waals surface area contributed by atoms with Crippen molar-refractivity contribution in [1.29, 1.82) is 0 Å². The molecule has 1 aromatic heterocycles. The van der Waals surface area contributed by atoms with Gasteiger partial charge < -0.3 is 15.0 Å². The Morgan fingerprint density at radius 3 is 2.54 bits per heavy atom. The molecule has 1 aromatic carbocycles. The van der Waals surface area contributed by atoms with Gasteiger partial charge >= 0.3 is 0 Å². The third-order valence-electron chi connectivity index (χ3n) is 7.44. The molecule has 190 valence electrons. The second-order valence-electron chi connectivity index (χ2n) is 10.5. The molecule has 1 aliphatic carbocycles. The van der Waals surface area contributed by atoms with Crippen LogP contribution < -0.4 is 10.1 Å². The normalized spacial score (nSPS) is 21.4. The van der Waals surface area contributed by atoms with Crippen LogP contribution in [0.2, 0.25) is 0 Å². The summed E-state index contributed by atoms with van der Waals surface area (Å²) < 4.78 is 7.58. The minimum atomic E-state index is -1.06. The molecule has 35 heavy (non-hydrogen) atoms. The van der Waals surface area contributed by atoms with E-state index >= 15 is 0 Å². The Morgan fingerprint density at radius 1 is 1.17 bits per heavy atom. The van der Waals surface area contributed by atoms with Crippen molar-refractivity contribution in [2.45, 2.75) is 103 Å². The van der Waals surface area contributed by atoms with Crippen LogP contribution in [0.3, 0.4) is 0 Å². The number of carbonyl (C=O) groups is 2. The number of amides is 2. The lowest BCUT2D eigenvalue weighted by atomic mass is 9.91. The molecule has 2 amide bonds. The van der Waals surface area contributed by atoms with E-state index in [2.05, 4.69) is 19.2 Å². The number of hydrogen-bond acceptors (Lipinski definition) is 4. The number of ether oxygens (including phenoxy) is 1. The van der Waals surface area contributed by atoms with E-state index < -0.39 is 5.54 Å². The van der Waals surface area contributed by atoms with Crippen LogP contribution in [0.15, 0.2) is 30.3 Å². The van der Waals surface area contributed by atoms with E-state index in [0.29, 0.717) is 25.4 Å². The molecule has 1 aliphatic heterocycles. The van der Waals surface area contributed by atoms with Crippen LogP contribution in [-0.4, -0.2) is 44.7 Å². The Labute approximate surface area is 209 Å². The topological polar surface area (TPSA) is 76.5 Å². The second kappa shape index (κ2) is 10.8. The summed E-state index contributed by atoms with van der Waals surface area (Å²) in [6.45, 7) is 9.12. The van der Waals surface area contributed by atoms with Crippen molar-refractivity contribution >= 4 is 11.8 Å². The lowest BCUT2D eigenvalue weighted by Crippen LogP contribution is -2.64. The molecular formula is C28H40N4O3. The van der Waals surface area contributed by atoms with E-state index in [0.717, 1.165) is 42.7 Å². The minimum Gasteiger partial charge on any atom is -0.494 e. The van der Waals surface area contributed by atoms with Crippen molar-refractivity contribution < 1.29 is 14.3 Å². The maximum Gasteiger partial charge on any atom is 0.273 e. The van der Waals surface area contributed by atoms with Gasteiger partial charge in [0.25, 0.3) is 5.91 Å². The van der Waals surface area contributed by atoms with Crippen LogP contribution in [-0.2, 0) is 17.9 Å². The van der Waals surface area contributed by atoms with Gasteiger partial charge in [-0.3, -0.25) is 14.3 Å². The monoisotopic (exact) mass is 480 g/mol. The first-order valence-electron chi connectivity index (χ1n) is 13.2. The SMILES string of the molecule is CCOc1ccccc1CN1C(=O)c2cc(C(C)C)nn2C[C@@]1(C)C(=O)NC1CCCCCCC1. The summed E-state index contributed by atoms with van der Waals surface area (Å²) in [5.74, 6) is 0.672. The highest BCUT2D eigenvalue weighted by molar-refractivity contribution is 5.99. The summed E-state index contributed by atoms with van der Waals surface area (Å²) in [4.78, 5) is 29.5. The molecule has 0 spiro atoms.